The lowest BCUT2D eigenvalue weighted by atomic mass is 10.1. The van der Waals surface area contributed by atoms with E-state index in [1.54, 1.807) is 6.07 Å². The third-order valence-corrected chi connectivity index (χ3v) is 2.01. The minimum Gasteiger partial charge on any atom is -0.379 e. The van der Waals surface area contributed by atoms with Gasteiger partial charge in [-0.15, -0.1) is 0 Å². The first-order valence-corrected chi connectivity index (χ1v) is 4.10. The van der Waals surface area contributed by atoms with Gasteiger partial charge >= 0.3 is 0 Å². The lowest BCUT2D eigenvalue weighted by molar-refractivity contribution is 0.310. The second kappa shape index (κ2) is 3.26. The number of nitrogen functional groups attached to an aromatic ring is 1. The van der Waals surface area contributed by atoms with Crippen molar-refractivity contribution < 1.29 is 9.02 Å². The van der Waals surface area contributed by atoms with Gasteiger partial charge in [0.05, 0.1) is 5.02 Å². The lowest BCUT2D eigenvalue weighted by Gasteiger charge is -1.99. The maximum absolute atomic E-state index is 13.4. The smallest absolute Gasteiger partial charge is 0.196 e. The molecule has 1 heterocycles. The minimum absolute atomic E-state index is 0.00454. The largest absolute Gasteiger partial charge is 0.379 e. The first-order chi connectivity index (χ1) is 6.70. The molecule has 0 atom stereocenters. The molecule has 0 saturated heterocycles. The van der Waals surface area contributed by atoms with Crippen LogP contribution in [0.4, 0.5) is 10.2 Å². The molecule has 6 heteroatoms. The van der Waals surface area contributed by atoms with Gasteiger partial charge in [-0.1, -0.05) is 17.7 Å². The van der Waals surface area contributed by atoms with Crippen LogP contribution in [-0.4, -0.2) is 10.3 Å². The molecule has 14 heavy (non-hydrogen) atoms. The molecule has 72 valence electrons. The fraction of sp³-hybridized carbons (Fsp3) is 0. The van der Waals surface area contributed by atoms with Gasteiger partial charge in [0.1, 0.15) is 0 Å². The summed E-state index contributed by atoms with van der Waals surface area (Å²) >= 11 is 5.59. The number of hydrogen-bond acceptors (Lipinski definition) is 4. The molecule has 0 aliphatic carbocycles. The molecule has 0 spiro atoms. The summed E-state index contributed by atoms with van der Waals surface area (Å²) in [6.45, 7) is 0. The Hall–Kier alpha value is -1.62. The first kappa shape index (κ1) is 8.96. The van der Waals surface area contributed by atoms with Crippen molar-refractivity contribution in [3.8, 4) is 11.3 Å². The van der Waals surface area contributed by atoms with Crippen LogP contribution in [0, 0.1) is 5.82 Å². The molecule has 0 saturated carbocycles. The molecule has 0 unspecified atom stereocenters. The van der Waals surface area contributed by atoms with E-state index >= 15 is 0 Å². The predicted molar refractivity (Wildman–Crippen MR) is 49.1 cm³/mol. The van der Waals surface area contributed by atoms with E-state index in [2.05, 4.69) is 14.9 Å². The van der Waals surface area contributed by atoms with Crippen LogP contribution in [0.3, 0.4) is 0 Å². The highest BCUT2D eigenvalue weighted by atomic mass is 35.5. The van der Waals surface area contributed by atoms with Crippen molar-refractivity contribution in [2.45, 2.75) is 0 Å². The first-order valence-electron chi connectivity index (χ1n) is 3.72. The summed E-state index contributed by atoms with van der Waals surface area (Å²) in [5.74, 6) is -0.553. The number of rotatable bonds is 1. The van der Waals surface area contributed by atoms with E-state index in [1.807, 2.05) is 0 Å². The van der Waals surface area contributed by atoms with E-state index in [0.717, 1.165) is 0 Å². The fourth-order valence-electron chi connectivity index (χ4n) is 1.07. The zero-order chi connectivity index (χ0) is 10.1. The number of aromatic nitrogens is 2. The van der Waals surface area contributed by atoms with Crippen LogP contribution < -0.4 is 5.73 Å². The summed E-state index contributed by atoms with van der Waals surface area (Å²) in [7, 11) is 0. The van der Waals surface area contributed by atoms with E-state index in [9.17, 15) is 4.39 Å². The predicted octanol–water partition coefficient (Wildman–Crippen LogP) is 2.11. The van der Waals surface area contributed by atoms with Crippen LogP contribution in [0.2, 0.25) is 5.02 Å². The van der Waals surface area contributed by atoms with Crippen molar-refractivity contribution in [3.05, 3.63) is 29.0 Å². The van der Waals surface area contributed by atoms with Crippen molar-refractivity contribution >= 4 is 17.4 Å². The normalized spacial score (nSPS) is 10.4. The summed E-state index contributed by atoms with van der Waals surface area (Å²) in [5, 5.41) is 6.83. The molecule has 1 aromatic carbocycles. The number of nitrogens with two attached hydrogens (primary N) is 1. The van der Waals surface area contributed by atoms with Gasteiger partial charge in [-0.3, -0.25) is 0 Å². The molecule has 0 bridgehead atoms. The van der Waals surface area contributed by atoms with Gasteiger partial charge in [0.25, 0.3) is 0 Å². The molecule has 0 fully saturated rings. The average Bonchev–Trinajstić information content (AvgIpc) is 2.57. The van der Waals surface area contributed by atoms with Crippen molar-refractivity contribution in [2.75, 3.05) is 5.73 Å². The van der Waals surface area contributed by atoms with Crippen molar-refractivity contribution in [1.29, 1.82) is 0 Å². The van der Waals surface area contributed by atoms with Crippen molar-refractivity contribution in [3.63, 3.8) is 0 Å². The molecule has 0 aliphatic heterocycles. The van der Waals surface area contributed by atoms with E-state index in [4.69, 9.17) is 17.3 Å². The Labute approximate surface area is 83.4 Å². The summed E-state index contributed by atoms with van der Waals surface area (Å²) in [6.07, 6.45) is 0. The number of halogens is 2. The molecular formula is C8H5ClFN3O. The summed E-state index contributed by atoms with van der Waals surface area (Å²) < 4.78 is 17.8. The summed E-state index contributed by atoms with van der Waals surface area (Å²) in [4.78, 5) is 0. The molecule has 2 N–H and O–H groups in total. The Morgan fingerprint density at radius 3 is 2.79 bits per heavy atom. The van der Waals surface area contributed by atoms with Crippen LogP contribution in [-0.2, 0) is 0 Å². The van der Waals surface area contributed by atoms with Gasteiger partial charge in [0, 0.05) is 5.56 Å². The Bertz CT molecular complexity index is 471. The Balaban J connectivity index is 2.63. The van der Waals surface area contributed by atoms with Gasteiger partial charge in [-0.2, -0.15) is 0 Å². The maximum atomic E-state index is 13.4. The summed E-state index contributed by atoms with van der Waals surface area (Å²) in [6, 6.07) is 4.52. The van der Waals surface area contributed by atoms with Crippen LogP contribution in [0.5, 0.6) is 0 Å². The Morgan fingerprint density at radius 1 is 1.36 bits per heavy atom. The molecule has 1 aromatic heterocycles. The van der Waals surface area contributed by atoms with Crippen LogP contribution >= 0.6 is 11.6 Å². The quantitative estimate of drug-likeness (QED) is 0.788. The van der Waals surface area contributed by atoms with Gasteiger partial charge in [0.15, 0.2) is 17.3 Å². The molecule has 0 aliphatic rings. The molecule has 4 nitrogen and oxygen atoms in total. The third kappa shape index (κ3) is 1.31. The van der Waals surface area contributed by atoms with Crippen molar-refractivity contribution in [2.24, 2.45) is 0 Å². The zero-order valence-electron chi connectivity index (χ0n) is 6.87. The minimum atomic E-state index is -0.587. The standard InChI is InChI=1S/C8H5ClFN3O/c9-5-3-1-2-4(6(5)10)7-8(11)13-14-12-7/h1-3H,(H2,11,13). The number of hydrogen-bond donors (Lipinski definition) is 1. The second-order valence-corrected chi connectivity index (χ2v) is 3.01. The average molecular weight is 214 g/mol. The third-order valence-electron chi connectivity index (χ3n) is 1.72. The monoisotopic (exact) mass is 213 g/mol. The van der Waals surface area contributed by atoms with E-state index in [1.165, 1.54) is 12.1 Å². The molecule has 2 aromatic rings. The number of benzene rings is 1. The summed E-state index contributed by atoms with van der Waals surface area (Å²) in [5.41, 5.74) is 5.75. The molecular weight excluding hydrogens is 209 g/mol. The topological polar surface area (TPSA) is 64.9 Å². The lowest BCUT2D eigenvalue weighted by Crippen LogP contribution is -1.91. The number of anilines is 1. The van der Waals surface area contributed by atoms with E-state index in [-0.39, 0.29) is 22.1 Å². The van der Waals surface area contributed by atoms with Crippen molar-refractivity contribution in [1.82, 2.24) is 10.3 Å². The number of nitrogens with zero attached hydrogens (tertiary/aromatic N) is 2. The highest BCUT2D eigenvalue weighted by Crippen LogP contribution is 2.28. The van der Waals surface area contributed by atoms with E-state index < -0.39 is 5.82 Å². The highest BCUT2D eigenvalue weighted by molar-refractivity contribution is 6.31. The van der Waals surface area contributed by atoms with Gasteiger partial charge in [-0.05, 0) is 22.4 Å². The SMILES string of the molecule is Nc1nonc1-c1cccc(Cl)c1F. The van der Waals surface area contributed by atoms with Gasteiger partial charge in [0.2, 0.25) is 0 Å². The maximum Gasteiger partial charge on any atom is 0.196 e. The molecule has 2 rings (SSSR count). The van der Waals surface area contributed by atoms with Gasteiger partial charge in [-0.25, -0.2) is 9.02 Å². The Kier molecular flexibility index (Phi) is 2.09. The van der Waals surface area contributed by atoms with E-state index in [0.29, 0.717) is 0 Å². The fourth-order valence-corrected chi connectivity index (χ4v) is 1.24. The van der Waals surface area contributed by atoms with Crippen LogP contribution in [0.1, 0.15) is 0 Å². The van der Waals surface area contributed by atoms with Crippen LogP contribution in [0.25, 0.3) is 11.3 Å². The van der Waals surface area contributed by atoms with Gasteiger partial charge < -0.3 is 5.73 Å². The zero-order valence-corrected chi connectivity index (χ0v) is 7.62. The molecule has 0 radical (unpaired) electrons. The highest BCUT2D eigenvalue weighted by Gasteiger charge is 2.15. The molecule has 0 amide bonds. The second-order valence-electron chi connectivity index (χ2n) is 2.60. The Morgan fingerprint density at radius 2 is 2.14 bits per heavy atom. The van der Waals surface area contributed by atoms with Crippen LogP contribution in [0.15, 0.2) is 22.8 Å².